The summed E-state index contributed by atoms with van der Waals surface area (Å²) in [5.74, 6) is 0. The molecule has 0 aliphatic heterocycles. The van der Waals surface area contributed by atoms with Crippen LogP contribution in [0.5, 0.6) is 0 Å². The Hall–Kier alpha value is -6.84. The summed E-state index contributed by atoms with van der Waals surface area (Å²) < 4.78 is 7.24. The number of hydrogen-bond donors (Lipinski definition) is 0. The lowest BCUT2D eigenvalue weighted by Gasteiger charge is -2.15. The van der Waals surface area contributed by atoms with E-state index in [4.69, 9.17) is 0 Å². The Kier molecular flexibility index (Phi) is 10.9. The molecule has 0 bridgehead atoms. The zero-order valence-corrected chi connectivity index (χ0v) is 35.6. The van der Waals surface area contributed by atoms with Crippen LogP contribution < -0.4 is 0 Å². The Morgan fingerprint density at radius 3 is 1.00 bits per heavy atom. The topological polar surface area (TPSA) is 14.8 Å². The lowest BCUT2D eigenvalue weighted by atomic mass is 9.94. The van der Waals surface area contributed by atoms with Crippen molar-refractivity contribution in [2.75, 3.05) is 0 Å². The molecule has 0 spiro atoms. The van der Waals surface area contributed by atoms with E-state index in [2.05, 4.69) is 203 Å². The van der Waals surface area contributed by atoms with Gasteiger partial charge in [0, 0.05) is 49.4 Å². The minimum Gasteiger partial charge on any atom is -0.309 e. The van der Waals surface area contributed by atoms with Crippen molar-refractivity contribution in [3.8, 4) is 28.2 Å². The number of aryl methyl sites for hydroxylation is 2. The number of hydrogen-bond acceptors (Lipinski definition) is 0. The van der Waals surface area contributed by atoms with Crippen LogP contribution in [0.15, 0.2) is 176 Å². The Bertz CT molecular complexity index is 3150. The molecule has 11 aromatic rings. The molecule has 11 rings (SSSR count). The molecular weight excluding hydrogens is 715 g/mol. The lowest BCUT2D eigenvalue weighted by molar-refractivity contribution is 1.13. The summed E-state index contributed by atoms with van der Waals surface area (Å²) in [7, 11) is 0. The molecule has 3 heteroatoms. The second-order valence-electron chi connectivity index (χ2n) is 14.3. The first-order valence-electron chi connectivity index (χ1n) is 21.4. The second-order valence-corrected chi connectivity index (χ2v) is 14.3. The monoisotopic (exact) mass is 767 g/mol. The first kappa shape index (κ1) is 39.0. The Morgan fingerprint density at radius 1 is 0.254 bits per heavy atom. The molecule has 292 valence electrons. The third-order valence-corrected chi connectivity index (χ3v) is 11.3. The van der Waals surface area contributed by atoms with Gasteiger partial charge in [0.1, 0.15) is 0 Å². The van der Waals surface area contributed by atoms with Gasteiger partial charge in [-0.25, -0.2) is 0 Å². The van der Waals surface area contributed by atoms with Gasteiger partial charge in [-0.1, -0.05) is 145 Å². The number of para-hydroxylation sites is 5. The molecule has 0 aliphatic rings. The first-order valence-corrected chi connectivity index (χ1v) is 21.4. The van der Waals surface area contributed by atoms with Crippen LogP contribution in [0.3, 0.4) is 0 Å². The molecule has 3 heterocycles. The molecule has 0 N–H and O–H groups in total. The van der Waals surface area contributed by atoms with Gasteiger partial charge in [0.25, 0.3) is 0 Å². The number of rotatable bonds is 4. The summed E-state index contributed by atoms with van der Waals surface area (Å²) >= 11 is 0. The van der Waals surface area contributed by atoms with Crippen LogP contribution in [0.2, 0.25) is 0 Å². The van der Waals surface area contributed by atoms with Gasteiger partial charge in [-0.15, -0.1) is 0 Å². The smallest absolute Gasteiger partial charge is 0.0544 e. The zero-order chi connectivity index (χ0) is 41.2. The largest absolute Gasteiger partial charge is 0.309 e. The summed E-state index contributed by atoms with van der Waals surface area (Å²) in [4.78, 5) is 0. The summed E-state index contributed by atoms with van der Waals surface area (Å²) in [5.41, 5.74) is 15.8. The molecule has 0 saturated carbocycles. The molecule has 0 aliphatic carbocycles. The fourth-order valence-corrected chi connectivity index (χ4v) is 8.95. The van der Waals surface area contributed by atoms with Crippen molar-refractivity contribution in [3.05, 3.63) is 187 Å². The van der Waals surface area contributed by atoms with Gasteiger partial charge >= 0.3 is 0 Å². The summed E-state index contributed by atoms with van der Waals surface area (Å²) in [6, 6.07) is 64.5. The third-order valence-electron chi connectivity index (χ3n) is 11.3. The van der Waals surface area contributed by atoms with E-state index < -0.39 is 0 Å². The third kappa shape index (κ3) is 6.38. The van der Waals surface area contributed by atoms with E-state index in [1.807, 2.05) is 41.5 Å². The number of fused-ring (bicyclic) bond motifs is 9. The van der Waals surface area contributed by atoms with Crippen molar-refractivity contribution in [1.82, 2.24) is 13.7 Å². The Labute approximate surface area is 348 Å². The molecule has 3 aromatic heterocycles. The van der Waals surface area contributed by atoms with Crippen LogP contribution in [0.1, 0.15) is 52.7 Å². The van der Waals surface area contributed by atoms with Crippen molar-refractivity contribution in [1.29, 1.82) is 0 Å². The van der Waals surface area contributed by atoms with Crippen molar-refractivity contribution < 1.29 is 0 Å². The van der Waals surface area contributed by atoms with E-state index in [1.54, 1.807) is 0 Å². The average Bonchev–Trinajstić information content (AvgIpc) is 3.94. The molecule has 0 amide bonds. The van der Waals surface area contributed by atoms with Gasteiger partial charge in [-0.05, 0) is 109 Å². The number of benzene rings is 8. The van der Waals surface area contributed by atoms with Gasteiger partial charge in [-0.2, -0.15) is 0 Å². The minimum atomic E-state index is 1.15. The molecule has 3 nitrogen and oxygen atoms in total. The lowest BCUT2D eigenvalue weighted by Crippen LogP contribution is -1.99. The SMILES string of the molecule is CC.CC.CC.Cc1cc(-n2c3ccccc3c3ccccc32)ccc1-c1cc2c3ccccc3n(-c3cccc(-n4c5ccccc5c5ccccc54)c3)c2cc1C. The van der Waals surface area contributed by atoms with Gasteiger partial charge < -0.3 is 13.7 Å². The Balaban J connectivity index is 0.000000774. The first-order chi connectivity index (χ1) is 29.1. The van der Waals surface area contributed by atoms with Crippen molar-refractivity contribution in [2.45, 2.75) is 55.4 Å². The zero-order valence-electron chi connectivity index (χ0n) is 35.6. The van der Waals surface area contributed by atoms with Gasteiger partial charge in [0.2, 0.25) is 0 Å². The van der Waals surface area contributed by atoms with E-state index in [9.17, 15) is 0 Å². The van der Waals surface area contributed by atoms with Crippen molar-refractivity contribution >= 4 is 65.4 Å². The fourth-order valence-electron chi connectivity index (χ4n) is 8.95. The van der Waals surface area contributed by atoms with Crippen LogP contribution >= 0.6 is 0 Å². The van der Waals surface area contributed by atoms with E-state index in [-0.39, 0.29) is 0 Å². The summed E-state index contributed by atoms with van der Waals surface area (Å²) in [6.07, 6.45) is 0. The predicted molar refractivity (Wildman–Crippen MR) is 258 cm³/mol. The van der Waals surface area contributed by atoms with Gasteiger partial charge in [0.05, 0.1) is 33.1 Å². The van der Waals surface area contributed by atoms with Crippen LogP contribution in [0.25, 0.3) is 93.6 Å². The van der Waals surface area contributed by atoms with E-state index >= 15 is 0 Å². The standard InChI is InChI=1S/C50H35N3.3C2H6/c1-32-28-36(52-47-23-10-5-18-40(47)41-19-6-11-24-48(41)52)26-27-37(32)43-31-44-42-20-7-12-25-49(42)53(50(44)29-33(43)2)35-15-13-14-34(30-35)51-45-21-8-3-16-38(45)39-17-4-9-22-46(39)51;3*1-2/h3-31H,1-2H3;3*1-2H3. The minimum absolute atomic E-state index is 1.15. The highest BCUT2D eigenvalue weighted by atomic mass is 15.0. The van der Waals surface area contributed by atoms with Crippen LogP contribution in [-0.2, 0) is 0 Å². The molecule has 0 fully saturated rings. The van der Waals surface area contributed by atoms with Crippen LogP contribution in [0.4, 0.5) is 0 Å². The van der Waals surface area contributed by atoms with E-state index in [1.165, 1.54) is 93.4 Å². The molecule has 8 aromatic carbocycles. The van der Waals surface area contributed by atoms with Gasteiger partial charge in [-0.3, -0.25) is 0 Å². The molecule has 0 atom stereocenters. The quantitative estimate of drug-likeness (QED) is 0.169. The molecule has 59 heavy (non-hydrogen) atoms. The maximum absolute atomic E-state index is 2.44. The summed E-state index contributed by atoms with van der Waals surface area (Å²) in [6.45, 7) is 16.5. The van der Waals surface area contributed by atoms with Crippen molar-refractivity contribution in [3.63, 3.8) is 0 Å². The highest BCUT2D eigenvalue weighted by molar-refractivity contribution is 6.12. The molecular formula is C56H53N3. The number of nitrogens with zero attached hydrogens (tertiary/aromatic N) is 3. The number of aromatic nitrogens is 3. The van der Waals surface area contributed by atoms with Crippen LogP contribution in [0, 0.1) is 13.8 Å². The molecule has 0 saturated heterocycles. The molecule has 0 radical (unpaired) electrons. The fraction of sp³-hybridized carbons (Fsp3) is 0.143. The van der Waals surface area contributed by atoms with E-state index in [0.29, 0.717) is 0 Å². The summed E-state index contributed by atoms with van der Waals surface area (Å²) in [5, 5.41) is 7.62. The highest BCUT2D eigenvalue weighted by Crippen LogP contribution is 2.40. The van der Waals surface area contributed by atoms with E-state index in [0.717, 1.165) is 11.4 Å². The maximum atomic E-state index is 2.44. The van der Waals surface area contributed by atoms with Crippen molar-refractivity contribution in [2.24, 2.45) is 0 Å². The molecule has 0 unspecified atom stereocenters. The second kappa shape index (κ2) is 16.6. The predicted octanol–water partition coefficient (Wildman–Crippen LogP) is 16.3. The highest BCUT2D eigenvalue weighted by Gasteiger charge is 2.19. The normalized spacial score (nSPS) is 11.1. The van der Waals surface area contributed by atoms with Gasteiger partial charge in [0.15, 0.2) is 0 Å². The average molecular weight is 768 g/mol. The Morgan fingerprint density at radius 2 is 0.593 bits per heavy atom. The maximum Gasteiger partial charge on any atom is 0.0544 e. The van der Waals surface area contributed by atoms with Crippen LogP contribution in [-0.4, -0.2) is 13.7 Å².